The van der Waals surface area contributed by atoms with Gasteiger partial charge in [0.05, 0.1) is 11.2 Å². The maximum atomic E-state index is 4.52. The molecule has 1 saturated carbocycles. The van der Waals surface area contributed by atoms with Crippen molar-refractivity contribution >= 4 is 32.5 Å². The van der Waals surface area contributed by atoms with Gasteiger partial charge < -0.3 is 5.32 Å². The molecule has 1 aromatic carbocycles. The molecule has 2 nitrogen and oxygen atoms in total. The number of hydrogen-bond acceptors (Lipinski definition) is 2. The third-order valence-corrected chi connectivity index (χ3v) is 4.17. The van der Waals surface area contributed by atoms with Crippen LogP contribution in [-0.4, -0.2) is 11.5 Å². The normalized spacial score (nSPS) is 16.3. The van der Waals surface area contributed by atoms with Crippen LogP contribution in [0.1, 0.15) is 25.7 Å². The van der Waals surface area contributed by atoms with Gasteiger partial charge in [-0.2, -0.15) is 0 Å². The van der Waals surface area contributed by atoms with E-state index in [0.717, 1.165) is 28.1 Å². The number of hydrogen-bond donors (Lipinski definition) is 1. The molecule has 1 aromatic heterocycles. The van der Waals surface area contributed by atoms with E-state index in [-0.39, 0.29) is 0 Å². The fourth-order valence-corrected chi connectivity index (χ4v) is 3.09. The van der Waals surface area contributed by atoms with Crippen LogP contribution in [0.4, 0.5) is 5.69 Å². The minimum Gasteiger partial charge on any atom is -0.383 e. The fraction of sp³-hybridized carbons (Fsp3) is 0.400. The molecule has 1 heterocycles. The number of aromatic nitrogens is 1. The number of halogens is 1. The van der Waals surface area contributed by atoms with Crippen LogP contribution in [-0.2, 0) is 0 Å². The molecule has 0 amide bonds. The van der Waals surface area contributed by atoms with Crippen molar-refractivity contribution in [3.05, 3.63) is 34.9 Å². The molecule has 1 fully saturated rings. The van der Waals surface area contributed by atoms with E-state index in [0.29, 0.717) is 0 Å². The SMILES string of the molecule is Brc1cnc2c(NCC3CCCC3)cccc2c1. The van der Waals surface area contributed by atoms with Gasteiger partial charge >= 0.3 is 0 Å². The zero-order valence-corrected chi connectivity index (χ0v) is 11.9. The number of rotatable bonds is 3. The molecule has 0 atom stereocenters. The molecule has 1 aliphatic rings. The quantitative estimate of drug-likeness (QED) is 0.896. The summed E-state index contributed by atoms with van der Waals surface area (Å²) >= 11 is 3.47. The van der Waals surface area contributed by atoms with Gasteiger partial charge in [0.2, 0.25) is 0 Å². The van der Waals surface area contributed by atoms with Crippen LogP contribution in [0.2, 0.25) is 0 Å². The van der Waals surface area contributed by atoms with E-state index in [1.54, 1.807) is 0 Å². The maximum Gasteiger partial charge on any atom is 0.0934 e. The molecular weight excluding hydrogens is 288 g/mol. The molecule has 0 spiro atoms. The van der Waals surface area contributed by atoms with Gasteiger partial charge in [-0.25, -0.2) is 0 Å². The van der Waals surface area contributed by atoms with Crippen molar-refractivity contribution in [3.8, 4) is 0 Å². The van der Waals surface area contributed by atoms with Crippen molar-refractivity contribution in [1.82, 2.24) is 4.98 Å². The first-order valence-electron chi connectivity index (χ1n) is 6.61. The lowest BCUT2D eigenvalue weighted by molar-refractivity contribution is 0.580. The van der Waals surface area contributed by atoms with Crippen LogP contribution in [0.3, 0.4) is 0 Å². The second-order valence-corrected chi connectivity index (χ2v) is 5.98. The first-order valence-corrected chi connectivity index (χ1v) is 7.40. The van der Waals surface area contributed by atoms with Crippen LogP contribution >= 0.6 is 15.9 Å². The third kappa shape index (κ3) is 2.51. The van der Waals surface area contributed by atoms with Crippen LogP contribution < -0.4 is 5.32 Å². The molecule has 3 heteroatoms. The Labute approximate surface area is 116 Å². The Bertz CT molecular complexity index is 547. The maximum absolute atomic E-state index is 4.52. The summed E-state index contributed by atoms with van der Waals surface area (Å²) in [6.07, 6.45) is 7.40. The summed E-state index contributed by atoms with van der Waals surface area (Å²) < 4.78 is 1.03. The Morgan fingerprint density at radius 3 is 2.94 bits per heavy atom. The Hall–Kier alpha value is -1.09. The van der Waals surface area contributed by atoms with Gasteiger partial charge in [0, 0.05) is 22.6 Å². The van der Waals surface area contributed by atoms with Gasteiger partial charge in [-0.1, -0.05) is 25.0 Å². The molecule has 18 heavy (non-hydrogen) atoms. The summed E-state index contributed by atoms with van der Waals surface area (Å²) in [5.74, 6) is 0.843. The average Bonchev–Trinajstić information content (AvgIpc) is 2.89. The predicted molar refractivity (Wildman–Crippen MR) is 79.9 cm³/mol. The molecule has 0 unspecified atom stereocenters. The zero-order chi connectivity index (χ0) is 12.4. The smallest absolute Gasteiger partial charge is 0.0934 e. The number of pyridine rings is 1. The zero-order valence-electron chi connectivity index (χ0n) is 10.3. The second-order valence-electron chi connectivity index (χ2n) is 5.06. The fourth-order valence-electron chi connectivity index (χ4n) is 2.75. The molecule has 1 aliphatic carbocycles. The first-order chi connectivity index (χ1) is 8.83. The van der Waals surface area contributed by atoms with E-state index >= 15 is 0 Å². The van der Waals surface area contributed by atoms with Crippen LogP contribution in [0.15, 0.2) is 34.9 Å². The lowest BCUT2D eigenvalue weighted by Crippen LogP contribution is -2.11. The monoisotopic (exact) mass is 304 g/mol. The molecule has 0 radical (unpaired) electrons. The molecular formula is C15H17BrN2. The highest BCUT2D eigenvalue weighted by Gasteiger charge is 2.14. The number of fused-ring (bicyclic) bond motifs is 1. The molecule has 3 rings (SSSR count). The number of benzene rings is 1. The molecule has 0 bridgehead atoms. The Kier molecular flexibility index (Phi) is 3.50. The van der Waals surface area contributed by atoms with E-state index in [1.165, 1.54) is 31.1 Å². The highest BCUT2D eigenvalue weighted by Crippen LogP contribution is 2.27. The Balaban J connectivity index is 1.82. The predicted octanol–water partition coefficient (Wildman–Crippen LogP) is 4.60. The van der Waals surface area contributed by atoms with Gasteiger partial charge in [-0.05, 0) is 46.8 Å². The van der Waals surface area contributed by atoms with Crippen molar-refractivity contribution in [3.63, 3.8) is 0 Å². The highest BCUT2D eigenvalue weighted by atomic mass is 79.9. The molecule has 94 valence electrons. The van der Waals surface area contributed by atoms with Gasteiger partial charge in [0.25, 0.3) is 0 Å². The van der Waals surface area contributed by atoms with E-state index < -0.39 is 0 Å². The van der Waals surface area contributed by atoms with Gasteiger partial charge in [-0.15, -0.1) is 0 Å². The molecule has 0 aliphatic heterocycles. The summed E-state index contributed by atoms with van der Waals surface area (Å²) in [5, 5.41) is 4.75. The minimum absolute atomic E-state index is 0.843. The number of nitrogens with zero attached hydrogens (tertiary/aromatic N) is 1. The van der Waals surface area contributed by atoms with Crippen LogP contribution in [0, 0.1) is 5.92 Å². The molecule has 1 N–H and O–H groups in total. The Morgan fingerprint density at radius 2 is 2.11 bits per heavy atom. The van der Waals surface area contributed by atoms with E-state index in [4.69, 9.17) is 0 Å². The van der Waals surface area contributed by atoms with Crippen LogP contribution in [0.25, 0.3) is 10.9 Å². The largest absolute Gasteiger partial charge is 0.383 e. The summed E-state index contributed by atoms with van der Waals surface area (Å²) in [4.78, 5) is 4.52. The van der Waals surface area contributed by atoms with Crippen molar-refractivity contribution in [1.29, 1.82) is 0 Å². The summed E-state index contributed by atoms with van der Waals surface area (Å²) in [7, 11) is 0. The summed E-state index contributed by atoms with van der Waals surface area (Å²) in [5.41, 5.74) is 2.23. The lowest BCUT2D eigenvalue weighted by atomic mass is 10.1. The highest BCUT2D eigenvalue weighted by molar-refractivity contribution is 9.10. The number of nitrogens with one attached hydrogen (secondary N) is 1. The lowest BCUT2D eigenvalue weighted by Gasteiger charge is -2.13. The Morgan fingerprint density at radius 1 is 1.28 bits per heavy atom. The summed E-state index contributed by atoms with van der Waals surface area (Å²) in [6, 6.07) is 8.43. The van der Waals surface area contributed by atoms with Crippen molar-refractivity contribution in [2.45, 2.75) is 25.7 Å². The van der Waals surface area contributed by atoms with E-state index in [2.05, 4.69) is 50.5 Å². The molecule has 0 saturated heterocycles. The van der Waals surface area contributed by atoms with Gasteiger partial charge in [0.1, 0.15) is 0 Å². The van der Waals surface area contributed by atoms with Crippen molar-refractivity contribution < 1.29 is 0 Å². The second kappa shape index (κ2) is 5.27. The first kappa shape index (κ1) is 12.0. The number of para-hydroxylation sites is 1. The molecule has 2 aromatic rings. The van der Waals surface area contributed by atoms with Gasteiger partial charge in [-0.3, -0.25) is 4.98 Å². The standard InChI is InChI=1S/C15H17BrN2/c16-13-8-12-6-3-7-14(15(12)18-10-13)17-9-11-4-1-2-5-11/h3,6-8,10-11,17H,1-2,4-5,9H2. The number of anilines is 1. The van der Waals surface area contributed by atoms with Crippen molar-refractivity contribution in [2.75, 3.05) is 11.9 Å². The summed E-state index contributed by atoms with van der Waals surface area (Å²) in [6.45, 7) is 1.08. The van der Waals surface area contributed by atoms with E-state index in [9.17, 15) is 0 Å². The topological polar surface area (TPSA) is 24.9 Å². The third-order valence-electron chi connectivity index (χ3n) is 3.73. The van der Waals surface area contributed by atoms with Crippen molar-refractivity contribution in [2.24, 2.45) is 5.92 Å². The van der Waals surface area contributed by atoms with E-state index in [1.807, 2.05) is 6.20 Å². The van der Waals surface area contributed by atoms with Gasteiger partial charge in [0.15, 0.2) is 0 Å². The average molecular weight is 305 g/mol. The minimum atomic E-state index is 0.843. The van der Waals surface area contributed by atoms with Crippen LogP contribution in [0.5, 0.6) is 0 Å².